The van der Waals surface area contributed by atoms with Crippen molar-refractivity contribution in [1.82, 2.24) is 10.6 Å². The Balaban J connectivity index is 3.57. The first-order chi connectivity index (χ1) is 7.63. The number of hydrogen-bond acceptors (Lipinski definition) is 3. The average molecular weight is 230 g/mol. The van der Waals surface area contributed by atoms with E-state index < -0.39 is 0 Å². The van der Waals surface area contributed by atoms with E-state index in [0.717, 1.165) is 26.0 Å². The first kappa shape index (κ1) is 15.4. The Morgan fingerprint density at radius 2 is 1.94 bits per heavy atom. The number of hydrogen-bond donors (Lipinski definition) is 2. The van der Waals surface area contributed by atoms with Crippen LogP contribution in [-0.2, 0) is 9.53 Å². The van der Waals surface area contributed by atoms with Crippen LogP contribution in [0, 0.1) is 5.92 Å². The van der Waals surface area contributed by atoms with Gasteiger partial charge in [-0.25, -0.2) is 0 Å². The molecule has 1 atom stereocenters. The van der Waals surface area contributed by atoms with Crippen LogP contribution in [0.2, 0.25) is 0 Å². The first-order valence-electron chi connectivity index (χ1n) is 6.12. The van der Waals surface area contributed by atoms with Crippen LogP contribution in [0.15, 0.2) is 0 Å². The van der Waals surface area contributed by atoms with E-state index in [1.54, 1.807) is 7.11 Å². The highest BCUT2D eigenvalue weighted by Gasteiger charge is 2.08. The molecule has 0 heterocycles. The van der Waals surface area contributed by atoms with Gasteiger partial charge in [0.05, 0.1) is 6.54 Å². The molecule has 1 unspecified atom stereocenters. The molecule has 2 N–H and O–H groups in total. The minimum atomic E-state index is 0.0818. The van der Waals surface area contributed by atoms with Crippen molar-refractivity contribution in [3.8, 4) is 0 Å². The molecule has 0 aromatic rings. The number of carbonyl (C=O) groups excluding carboxylic acids is 1. The lowest BCUT2D eigenvalue weighted by Crippen LogP contribution is -2.41. The van der Waals surface area contributed by atoms with Crippen LogP contribution in [-0.4, -0.2) is 38.8 Å². The highest BCUT2D eigenvalue weighted by atomic mass is 16.5. The van der Waals surface area contributed by atoms with Gasteiger partial charge in [-0.3, -0.25) is 4.79 Å². The minimum absolute atomic E-state index is 0.0818. The van der Waals surface area contributed by atoms with Gasteiger partial charge in [-0.15, -0.1) is 0 Å². The molecule has 0 fully saturated rings. The fourth-order valence-electron chi connectivity index (χ4n) is 1.55. The Morgan fingerprint density at radius 1 is 1.31 bits per heavy atom. The van der Waals surface area contributed by atoms with Gasteiger partial charge in [-0.05, 0) is 18.8 Å². The number of rotatable bonds is 9. The molecule has 16 heavy (non-hydrogen) atoms. The van der Waals surface area contributed by atoms with E-state index in [1.165, 1.54) is 0 Å². The van der Waals surface area contributed by atoms with Crippen molar-refractivity contribution in [2.75, 3.05) is 26.8 Å². The highest BCUT2D eigenvalue weighted by Crippen LogP contribution is 1.95. The van der Waals surface area contributed by atoms with Crippen molar-refractivity contribution >= 4 is 5.91 Å². The molecule has 0 aromatic heterocycles. The largest absolute Gasteiger partial charge is 0.384 e. The van der Waals surface area contributed by atoms with Gasteiger partial charge < -0.3 is 15.4 Å². The van der Waals surface area contributed by atoms with Crippen LogP contribution >= 0.6 is 0 Å². The molecule has 0 aliphatic carbocycles. The van der Waals surface area contributed by atoms with Crippen molar-refractivity contribution in [3.05, 3.63) is 0 Å². The zero-order chi connectivity index (χ0) is 12.4. The predicted octanol–water partition coefficient (Wildman–Crippen LogP) is 1.16. The molecule has 0 aromatic carbocycles. The maximum Gasteiger partial charge on any atom is 0.234 e. The smallest absolute Gasteiger partial charge is 0.234 e. The topological polar surface area (TPSA) is 50.4 Å². The molecule has 96 valence electrons. The van der Waals surface area contributed by atoms with Crippen molar-refractivity contribution in [2.24, 2.45) is 5.92 Å². The Morgan fingerprint density at radius 3 is 2.44 bits per heavy atom. The molecule has 0 bridgehead atoms. The van der Waals surface area contributed by atoms with Crippen molar-refractivity contribution in [2.45, 2.75) is 39.7 Å². The van der Waals surface area contributed by atoms with E-state index in [9.17, 15) is 4.79 Å². The average Bonchev–Trinajstić information content (AvgIpc) is 2.26. The van der Waals surface area contributed by atoms with E-state index in [4.69, 9.17) is 4.74 Å². The zero-order valence-corrected chi connectivity index (χ0v) is 11.0. The summed E-state index contributed by atoms with van der Waals surface area (Å²) in [5.74, 6) is 0.518. The van der Waals surface area contributed by atoms with Gasteiger partial charge in [0, 0.05) is 26.3 Å². The van der Waals surface area contributed by atoms with E-state index in [-0.39, 0.29) is 5.91 Å². The van der Waals surface area contributed by atoms with Gasteiger partial charge in [0.15, 0.2) is 0 Å². The third kappa shape index (κ3) is 7.65. The summed E-state index contributed by atoms with van der Waals surface area (Å²) >= 11 is 0. The third-order valence-electron chi connectivity index (χ3n) is 2.58. The van der Waals surface area contributed by atoms with E-state index in [2.05, 4.69) is 31.4 Å². The molecule has 0 saturated carbocycles. The van der Waals surface area contributed by atoms with Gasteiger partial charge in [0.2, 0.25) is 5.91 Å². The van der Waals surface area contributed by atoms with Crippen molar-refractivity contribution < 1.29 is 9.53 Å². The second-order valence-electron chi connectivity index (χ2n) is 4.27. The van der Waals surface area contributed by atoms with Crippen LogP contribution in [0.5, 0.6) is 0 Å². The summed E-state index contributed by atoms with van der Waals surface area (Å²) in [7, 11) is 1.69. The fourth-order valence-corrected chi connectivity index (χ4v) is 1.55. The molecule has 0 radical (unpaired) electrons. The molecule has 0 spiro atoms. The third-order valence-corrected chi connectivity index (χ3v) is 2.58. The second-order valence-corrected chi connectivity index (χ2v) is 4.27. The molecule has 0 aliphatic rings. The number of amides is 1. The molecule has 0 saturated heterocycles. The predicted molar refractivity (Wildman–Crippen MR) is 66.4 cm³/mol. The van der Waals surface area contributed by atoms with Gasteiger partial charge in [-0.2, -0.15) is 0 Å². The number of nitrogens with one attached hydrogen (secondary N) is 2. The summed E-state index contributed by atoms with van der Waals surface area (Å²) in [6.45, 7) is 8.19. The van der Waals surface area contributed by atoms with Crippen molar-refractivity contribution in [3.63, 3.8) is 0 Å². The number of carbonyl (C=O) groups is 1. The van der Waals surface area contributed by atoms with Gasteiger partial charge in [-0.1, -0.05) is 20.8 Å². The Bertz CT molecular complexity index is 182. The minimum Gasteiger partial charge on any atom is -0.384 e. The van der Waals surface area contributed by atoms with Crippen LogP contribution < -0.4 is 10.6 Å². The monoisotopic (exact) mass is 230 g/mol. The summed E-state index contributed by atoms with van der Waals surface area (Å²) in [6, 6.07) is 0.311. The lowest BCUT2D eigenvalue weighted by Gasteiger charge is -2.16. The quantitative estimate of drug-likeness (QED) is 0.625. The lowest BCUT2D eigenvalue weighted by atomic mass is 10.2. The molecule has 4 nitrogen and oxygen atoms in total. The number of ether oxygens (including phenoxy) is 1. The lowest BCUT2D eigenvalue weighted by molar-refractivity contribution is -0.121. The molecular formula is C12H26N2O2. The maximum atomic E-state index is 11.5. The second kappa shape index (κ2) is 9.60. The van der Waals surface area contributed by atoms with E-state index >= 15 is 0 Å². The summed E-state index contributed by atoms with van der Waals surface area (Å²) < 4.78 is 5.02. The summed E-state index contributed by atoms with van der Waals surface area (Å²) in [5.41, 5.74) is 0. The maximum absolute atomic E-state index is 11.5. The van der Waals surface area contributed by atoms with Crippen LogP contribution in [0.3, 0.4) is 0 Å². The fraction of sp³-hybridized carbons (Fsp3) is 0.917. The Kier molecular flexibility index (Phi) is 9.24. The molecule has 1 amide bonds. The van der Waals surface area contributed by atoms with Crippen LogP contribution in [0.1, 0.15) is 33.6 Å². The highest BCUT2D eigenvalue weighted by molar-refractivity contribution is 5.78. The first-order valence-corrected chi connectivity index (χ1v) is 6.12. The number of methoxy groups -OCH3 is 1. The van der Waals surface area contributed by atoms with E-state index in [1.807, 2.05) is 0 Å². The Labute approximate surface area is 99.1 Å². The SMILES string of the molecule is CCC(CC)NC(=O)CNCC(C)COC. The van der Waals surface area contributed by atoms with Gasteiger partial charge in [0.25, 0.3) is 0 Å². The molecular weight excluding hydrogens is 204 g/mol. The van der Waals surface area contributed by atoms with Crippen LogP contribution in [0.25, 0.3) is 0 Å². The summed E-state index contributed by atoms with van der Waals surface area (Å²) in [4.78, 5) is 11.5. The van der Waals surface area contributed by atoms with E-state index in [0.29, 0.717) is 18.5 Å². The summed E-state index contributed by atoms with van der Waals surface area (Å²) in [6.07, 6.45) is 1.98. The Hall–Kier alpha value is -0.610. The van der Waals surface area contributed by atoms with Gasteiger partial charge >= 0.3 is 0 Å². The molecule has 0 rings (SSSR count). The molecule has 0 aliphatic heterocycles. The zero-order valence-electron chi connectivity index (χ0n) is 11.0. The van der Waals surface area contributed by atoms with Crippen molar-refractivity contribution in [1.29, 1.82) is 0 Å². The van der Waals surface area contributed by atoms with Crippen LogP contribution in [0.4, 0.5) is 0 Å². The van der Waals surface area contributed by atoms with Gasteiger partial charge in [0.1, 0.15) is 0 Å². The molecule has 4 heteroatoms. The summed E-state index contributed by atoms with van der Waals surface area (Å²) in [5, 5.41) is 6.12. The normalized spacial score (nSPS) is 12.8. The standard InChI is InChI=1S/C12H26N2O2/c1-5-11(6-2)14-12(15)8-13-7-10(3)9-16-4/h10-11,13H,5-9H2,1-4H3,(H,14,15).